The second kappa shape index (κ2) is 12.5. The lowest BCUT2D eigenvalue weighted by atomic mass is 9.82. The van der Waals surface area contributed by atoms with Crippen molar-refractivity contribution < 1.29 is 4.42 Å². The molecular formula is C52H39NO. The normalized spacial score (nSPS) is 12.9. The van der Waals surface area contributed by atoms with E-state index in [9.17, 15) is 0 Å². The maximum Gasteiger partial charge on any atom is 0.135 e. The number of rotatable bonds is 6. The molecule has 258 valence electrons. The van der Waals surface area contributed by atoms with Crippen LogP contribution in [0.1, 0.15) is 30.5 Å². The van der Waals surface area contributed by atoms with Gasteiger partial charge in [0.25, 0.3) is 0 Å². The van der Waals surface area contributed by atoms with Gasteiger partial charge in [0, 0.05) is 33.2 Å². The van der Waals surface area contributed by atoms with E-state index in [1.807, 2.05) is 12.1 Å². The molecule has 0 amide bonds. The molecule has 0 saturated heterocycles. The van der Waals surface area contributed by atoms with Crippen molar-refractivity contribution in [1.29, 1.82) is 0 Å². The zero-order chi connectivity index (χ0) is 36.4. The predicted octanol–water partition coefficient (Wildman–Crippen LogP) is 14.7. The first kappa shape index (κ1) is 32.0. The molecule has 10 rings (SSSR count). The van der Waals surface area contributed by atoms with E-state index in [2.05, 4.69) is 196 Å². The molecule has 0 atom stereocenters. The summed E-state index contributed by atoms with van der Waals surface area (Å²) in [4.78, 5) is 2.39. The van der Waals surface area contributed by atoms with E-state index >= 15 is 0 Å². The first-order valence-corrected chi connectivity index (χ1v) is 18.7. The van der Waals surface area contributed by atoms with E-state index in [1.54, 1.807) is 0 Å². The Morgan fingerprint density at radius 2 is 0.870 bits per heavy atom. The van der Waals surface area contributed by atoms with Crippen molar-refractivity contribution in [1.82, 2.24) is 0 Å². The molecule has 2 nitrogen and oxygen atoms in total. The van der Waals surface area contributed by atoms with Crippen LogP contribution >= 0.6 is 0 Å². The lowest BCUT2D eigenvalue weighted by Gasteiger charge is -2.28. The molecule has 54 heavy (non-hydrogen) atoms. The molecule has 1 aliphatic carbocycles. The average molecular weight is 694 g/mol. The number of benzene rings is 8. The highest BCUT2D eigenvalue weighted by Crippen LogP contribution is 2.50. The third-order valence-electron chi connectivity index (χ3n) is 11.4. The van der Waals surface area contributed by atoms with Gasteiger partial charge >= 0.3 is 0 Å². The molecule has 1 heterocycles. The van der Waals surface area contributed by atoms with Gasteiger partial charge in [0.05, 0.1) is 0 Å². The lowest BCUT2D eigenvalue weighted by Crippen LogP contribution is -2.16. The van der Waals surface area contributed by atoms with Crippen LogP contribution in [0.5, 0.6) is 0 Å². The third kappa shape index (κ3) is 5.33. The Labute approximate surface area is 316 Å². The average Bonchev–Trinajstić information content (AvgIpc) is 3.70. The van der Waals surface area contributed by atoms with Gasteiger partial charge in [0.15, 0.2) is 0 Å². The highest BCUT2D eigenvalue weighted by Gasteiger charge is 2.35. The van der Waals surface area contributed by atoms with Crippen LogP contribution in [0.25, 0.3) is 66.4 Å². The van der Waals surface area contributed by atoms with Crippen LogP contribution in [0.3, 0.4) is 0 Å². The fraction of sp³-hybridized carbons (Fsp3) is 0.0769. The zero-order valence-electron chi connectivity index (χ0n) is 30.7. The smallest absolute Gasteiger partial charge is 0.135 e. The van der Waals surface area contributed by atoms with Crippen molar-refractivity contribution >= 4 is 39.0 Å². The van der Waals surface area contributed by atoms with Crippen LogP contribution in [0.15, 0.2) is 186 Å². The number of nitrogens with zero attached hydrogens (tertiary/aromatic N) is 1. The molecule has 0 saturated carbocycles. The highest BCUT2D eigenvalue weighted by atomic mass is 16.3. The first-order valence-electron chi connectivity index (χ1n) is 18.7. The van der Waals surface area contributed by atoms with E-state index in [0.29, 0.717) is 0 Å². The Morgan fingerprint density at radius 1 is 0.389 bits per heavy atom. The van der Waals surface area contributed by atoms with Crippen LogP contribution in [-0.4, -0.2) is 0 Å². The lowest BCUT2D eigenvalue weighted by molar-refractivity contribution is 0.660. The van der Waals surface area contributed by atoms with Crippen molar-refractivity contribution in [3.8, 4) is 44.5 Å². The van der Waals surface area contributed by atoms with Gasteiger partial charge in [-0.2, -0.15) is 0 Å². The summed E-state index contributed by atoms with van der Waals surface area (Å²) >= 11 is 0. The highest BCUT2D eigenvalue weighted by molar-refractivity contribution is 6.06. The molecule has 0 unspecified atom stereocenters. The number of hydrogen-bond acceptors (Lipinski definition) is 2. The molecule has 1 aliphatic rings. The van der Waals surface area contributed by atoms with Crippen LogP contribution in [0.4, 0.5) is 17.1 Å². The maximum absolute atomic E-state index is 6.12. The number of aryl methyl sites for hydroxylation is 1. The minimum atomic E-state index is -0.0953. The van der Waals surface area contributed by atoms with Gasteiger partial charge < -0.3 is 9.32 Å². The van der Waals surface area contributed by atoms with Crippen LogP contribution in [0.2, 0.25) is 0 Å². The molecule has 9 aromatic rings. The van der Waals surface area contributed by atoms with E-state index < -0.39 is 0 Å². The summed E-state index contributed by atoms with van der Waals surface area (Å²) in [5.74, 6) is 0. The largest absolute Gasteiger partial charge is 0.456 e. The Morgan fingerprint density at radius 3 is 1.54 bits per heavy atom. The molecule has 2 heteroatoms. The van der Waals surface area contributed by atoms with Crippen molar-refractivity contribution in [2.24, 2.45) is 0 Å². The van der Waals surface area contributed by atoms with Crippen LogP contribution in [-0.2, 0) is 5.41 Å². The molecule has 8 aromatic carbocycles. The fourth-order valence-corrected chi connectivity index (χ4v) is 8.39. The first-order chi connectivity index (χ1) is 26.4. The van der Waals surface area contributed by atoms with Crippen molar-refractivity contribution in [3.63, 3.8) is 0 Å². The summed E-state index contributed by atoms with van der Waals surface area (Å²) in [5, 5.41) is 2.28. The monoisotopic (exact) mass is 693 g/mol. The van der Waals surface area contributed by atoms with E-state index in [1.165, 1.54) is 61.2 Å². The number of para-hydroxylation sites is 1. The van der Waals surface area contributed by atoms with Gasteiger partial charge in [-0.15, -0.1) is 0 Å². The van der Waals surface area contributed by atoms with E-state index in [4.69, 9.17) is 4.42 Å². The van der Waals surface area contributed by atoms with Gasteiger partial charge in [-0.3, -0.25) is 0 Å². The summed E-state index contributed by atoms with van der Waals surface area (Å²) in [6, 6.07) is 66.2. The topological polar surface area (TPSA) is 16.4 Å². The predicted molar refractivity (Wildman–Crippen MR) is 227 cm³/mol. The Bertz CT molecular complexity index is 2820. The summed E-state index contributed by atoms with van der Waals surface area (Å²) in [6.45, 7) is 6.82. The maximum atomic E-state index is 6.12. The zero-order valence-corrected chi connectivity index (χ0v) is 30.7. The van der Waals surface area contributed by atoms with Crippen molar-refractivity contribution in [3.05, 3.63) is 199 Å². The molecule has 0 spiro atoms. The molecule has 0 N–H and O–H groups in total. The Balaban J connectivity index is 1.03. The van der Waals surface area contributed by atoms with Crippen molar-refractivity contribution in [2.45, 2.75) is 26.2 Å². The van der Waals surface area contributed by atoms with Gasteiger partial charge in [0.1, 0.15) is 11.2 Å². The van der Waals surface area contributed by atoms with Crippen LogP contribution < -0.4 is 4.90 Å². The fourth-order valence-electron chi connectivity index (χ4n) is 8.39. The standard InChI is InChI=1S/C52H39NO/c1-34-12-14-35(15-13-34)36-16-18-37(19-17-36)38-20-25-41(26-21-38)53(43-29-30-45-44-8-4-6-10-48(44)52(2,3)49(45)33-43)42-27-22-39(23-28-42)40-24-31-51-47(32-40)46-9-5-7-11-50(46)54-51/h4-33H,1-3H3. The summed E-state index contributed by atoms with van der Waals surface area (Å²) in [7, 11) is 0. The number of hydrogen-bond donors (Lipinski definition) is 0. The molecule has 0 fully saturated rings. The Hall–Kier alpha value is -6.64. The number of anilines is 3. The summed E-state index contributed by atoms with van der Waals surface area (Å²) in [6.07, 6.45) is 0. The van der Waals surface area contributed by atoms with Gasteiger partial charge in [0.2, 0.25) is 0 Å². The van der Waals surface area contributed by atoms with Crippen molar-refractivity contribution in [2.75, 3.05) is 4.90 Å². The molecule has 0 radical (unpaired) electrons. The van der Waals surface area contributed by atoms with E-state index in [0.717, 1.165) is 39.0 Å². The van der Waals surface area contributed by atoms with Gasteiger partial charge in [-0.25, -0.2) is 0 Å². The second-order valence-electron chi connectivity index (χ2n) is 15.1. The quantitative estimate of drug-likeness (QED) is 0.172. The molecule has 0 aliphatic heterocycles. The summed E-state index contributed by atoms with van der Waals surface area (Å²) in [5.41, 5.74) is 19.0. The van der Waals surface area contributed by atoms with Gasteiger partial charge in [-0.05, 0) is 117 Å². The third-order valence-corrected chi connectivity index (χ3v) is 11.4. The van der Waals surface area contributed by atoms with Crippen LogP contribution in [0, 0.1) is 6.92 Å². The van der Waals surface area contributed by atoms with Gasteiger partial charge in [-0.1, -0.05) is 147 Å². The molecular weight excluding hydrogens is 655 g/mol. The van der Waals surface area contributed by atoms with E-state index in [-0.39, 0.29) is 5.41 Å². The molecule has 1 aromatic heterocycles. The summed E-state index contributed by atoms with van der Waals surface area (Å²) < 4.78 is 6.12. The minimum Gasteiger partial charge on any atom is -0.456 e. The SMILES string of the molecule is Cc1ccc(-c2ccc(-c3ccc(N(c4ccc(-c5ccc6oc7ccccc7c6c5)cc4)c4ccc5c(c4)C(C)(C)c4ccccc4-5)cc3)cc2)cc1. The second-order valence-corrected chi connectivity index (χ2v) is 15.1. The Kier molecular flexibility index (Phi) is 7.42. The molecule has 0 bridgehead atoms. The minimum absolute atomic E-state index is 0.0953. The number of fused-ring (bicyclic) bond motifs is 6. The number of furan rings is 1.